The number of carbonyl (C=O) groups excluding carboxylic acids is 1. The van der Waals surface area contributed by atoms with Gasteiger partial charge in [0.1, 0.15) is 22.4 Å². The van der Waals surface area contributed by atoms with Gasteiger partial charge in [-0.15, -0.1) is 0 Å². The predicted molar refractivity (Wildman–Crippen MR) is 120 cm³/mol. The Hall–Kier alpha value is -2.78. The number of rotatable bonds is 8. The lowest BCUT2D eigenvalue weighted by atomic mass is 9.90. The normalized spacial score (nSPS) is 12.5. The zero-order valence-corrected chi connectivity index (χ0v) is 19.6. The molecule has 0 N–H and O–H groups in total. The summed E-state index contributed by atoms with van der Waals surface area (Å²) in [5, 5.41) is -0.107. The van der Waals surface area contributed by atoms with Crippen LogP contribution in [0.1, 0.15) is 43.1 Å². The van der Waals surface area contributed by atoms with E-state index in [-0.39, 0.29) is 52.3 Å². The quantitative estimate of drug-likeness (QED) is 0.312. The van der Waals surface area contributed by atoms with Gasteiger partial charge in [0.05, 0.1) is 22.9 Å². The molecule has 1 aromatic carbocycles. The van der Waals surface area contributed by atoms with Gasteiger partial charge in [0.2, 0.25) is 0 Å². The Morgan fingerprint density at radius 3 is 2.44 bits per heavy atom. The zero-order valence-electron chi connectivity index (χ0n) is 18.1. The molecule has 0 saturated heterocycles. The second kappa shape index (κ2) is 10.7. The lowest BCUT2D eigenvalue weighted by Gasteiger charge is -2.21. The second-order valence-corrected chi connectivity index (χ2v) is 8.08. The Morgan fingerprint density at radius 1 is 1.15 bits per heavy atom. The average Bonchev–Trinajstić information content (AvgIpc) is 2.80. The Kier molecular flexibility index (Phi) is 8.09. The maximum atomic E-state index is 15.1. The SMILES string of the molecule is CCOc1c(C(C)C(=O)CCc2nccnc2Cl)cc(Cl)c(F)c1-c1ccc(C(F)(F)F)nc1. The topological polar surface area (TPSA) is 65.0 Å². The van der Waals surface area contributed by atoms with Crippen LogP contribution in [0.25, 0.3) is 11.1 Å². The molecule has 11 heteroatoms. The molecule has 3 rings (SSSR count). The molecule has 5 nitrogen and oxygen atoms in total. The Bertz CT molecular complexity index is 1190. The van der Waals surface area contributed by atoms with Crippen molar-refractivity contribution in [1.82, 2.24) is 15.0 Å². The number of aromatic nitrogens is 3. The first-order valence-electron chi connectivity index (χ1n) is 10.2. The van der Waals surface area contributed by atoms with E-state index in [4.69, 9.17) is 27.9 Å². The third kappa shape index (κ3) is 5.64. The van der Waals surface area contributed by atoms with Crippen LogP contribution in [0.15, 0.2) is 36.8 Å². The predicted octanol–water partition coefficient (Wildman–Crippen LogP) is 6.71. The molecule has 34 heavy (non-hydrogen) atoms. The summed E-state index contributed by atoms with van der Waals surface area (Å²) in [7, 11) is 0. The number of hydrogen-bond acceptors (Lipinski definition) is 5. The molecule has 180 valence electrons. The van der Waals surface area contributed by atoms with Gasteiger partial charge < -0.3 is 4.74 Å². The van der Waals surface area contributed by atoms with Crippen LogP contribution in [0.3, 0.4) is 0 Å². The van der Waals surface area contributed by atoms with E-state index in [1.807, 2.05) is 0 Å². The maximum absolute atomic E-state index is 15.1. The fourth-order valence-corrected chi connectivity index (χ4v) is 3.78. The van der Waals surface area contributed by atoms with E-state index < -0.39 is 23.6 Å². The van der Waals surface area contributed by atoms with E-state index in [9.17, 15) is 18.0 Å². The molecule has 0 aliphatic heterocycles. The first-order valence-corrected chi connectivity index (χ1v) is 11.0. The summed E-state index contributed by atoms with van der Waals surface area (Å²) in [6.45, 7) is 3.39. The van der Waals surface area contributed by atoms with Crippen molar-refractivity contribution in [1.29, 1.82) is 0 Å². The highest BCUT2D eigenvalue weighted by Gasteiger charge is 2.33. The highest BCUT2D eigenvalue weighted by molar-refractivity contribution is 6.31. The minimum absolute atomic E-state index is 0.0179. The molecular formula is C23H19Cl2F4N3O2. The van der Waals surface area contributed by atoms with E-state index in [0.29, 0.717) is 11.3 Å². The fourth-order valence-electron chi connectivity index (χ4n) is 3.37. The van der Waals surface area contributed by atoms with Crippen LogP contribution >= 0.6 is 23.2 Å². The summed E-state index contributed by atoms with van der Waals surface area (Å²) in [4.78, 5) is 24.4. The minimum Gasteiger partial charge on any atom is -0.493 e. The summed E-state index contributed by atoms with van der Waals surface area (Å²) < 4.78 is 59.5. The molecule has 0 aliphatic carbocycles. The van der Waals surface area contributed by atoms with Crippen LogP contribution in [-0.2, 0) is 17.4 Å². The molecule has 0 bridgehead atoms. The van der Waals surface area contributed by atoms with Gasteiger partial charge in [-0.3, -0.25) is 14.8 Å². The van der Waals surface area contributed by atoms with Crippen LogP contribution in [0.5, 0.6) is 5.75 Å². The number of ether oxygens (including phenoxy) is 1. The van der Waals surface area contributed by atoms with Crippen molar-refractivity contribution in [2.45, 2.75) is 38.8 Å². The molecule has 1 unspecified atom stereocenters. The van der Waals surface area contributed by atoms with E-state index in [0.717, 1.165) is 18.3 Å². The van der Waals surface area contributed by atoms with Crippen LogP contribution in [0.2, 0.25) is 10.2 Å². The van der Waals surface area contributed by atoms with Gasteiger partial charge in [0, 0.05) is 42.1 Å². The van der Waals surface area contributed by atoms with Gasteiger partial charge in [0.15, 0.2) is 5.82 Å². The first-order chi connectivity index (χ1) is 16.0. The zero-order chi connectivity index (χ0) is 25.0. The number of alkyl halides is 3. The average molecular weight is 516 g/mol. The molecule has 0 aliphatic rings. The first kappa shape index (κ1) is 25.8. The third-order valence-corrected chi connectivity index (χ3v) is 5.70. The summed E-state index contributed by atoms with van der Waals surface area (Å²) >= 11 is 12.1. The number of ketones is 1. The minimum atomic E-state index is -4.65. The molecule has 0 saturated carbocycles. The number of carbonyl (C=O) groups is 1. The monoisotopic (exact) mass is 515 g/mol. The molecule has 2 heterocycles. The molecule has 0 fully saturated rings. The summed E-state index contributed by atoms with van der Waals surface area (Å²) in [5.74, 6) is -1.86. The number of hydrogen-bond donors (Lipinski definition) is 0. The summed E-state index contributed by atoms with van der Waals surface area (Å²) in [6.07, 6.45) is -0.546. The largest absolute Gasteiger partial charge is 0.493 e. The summed E-state index contributed by atoms with van der Waals surface area (Å²) in [6, 6.07) is 3.12. The molecule has 0 radical (unpaired) electrons. The van der Waals surface area contributed by atoms with E-state index in [1.165, 1.54) is 18.5 Å². The standard InChI is InChI=1S/C23H19Cl2F4N3O2/c1-3-34-21-14(12(2)17(33)6-5-16-22(25)31-9-8-30-16)10-15(24)20(26)19(21)13-4-7-18(32-11-13)23(27,28)29/h4,7-12H,3,5-6H2,1-2H3. The van der Waals surface area contributed by atoms with Gasteiger partial charge in [-0.2, -0.15) is 13.2 Å². The second-order valence-electron chi connectivity index (χ2n) is 7.31. The third-order valence-electron chi connectivity index (χ3n) is 5.11. The van der Waals surface area contributed by atoms with Crippen molar-refractivity contribution in [2.75, 3.05) is 6.61 Å². The van der Waals surface area contributed by atoms with Crippen molar-refractivity contribution in [3.05, 3.63) is 69.7 Å². The lowest BCUT2D eigenvalue weighted by molar-refractivity contribution is -0.141. The van der Waals surface area contributed by atoms with Crippen LogP contribution in [0.4, 0.5) is 17.6 Å². The Balaban J connectivity index is 2.00. The molecule has 0 spiro atoms. The fraction of sp³-hybridized carbons (Fsp3) is 0.304. The van der Waals surface area contributed by atoms with Gasteiger partial charge in [0.25, 0.3) is 0 Å². The lowest BCUT2D eigenvalue weighted by Crippen LogP contribution is -2.14. The number of nitrogens with zero attached hydrogens (tertiary/aromatic N) is 3. The van der Waals surface area contributed by atoms with Crippen LogP contribution < -0.4 is 4.74 Å². The van der Waals surface area contributed by atoms with E-state index in [2.05, 4.69) is 15.0 Å². The van der Waals surface area contributed by atoms with Gasteiger partial charge >= 0.3 is 6.18 Å². The van der Waals surface area contributed by atoms with Gasteiger partial charge in [-0.1, -0.05) is 36.2 Å². The van der Waals surface area contributed by atoms with Crippen molar-refractivity contribution in [3.63, 3.8) is 0 Å². The molecule has 1 atom stereocenters. The number of benzene rings is 1. The molecular weight excluding hydrogens is 497 g/mol. The van der Waals surface area contributed by atoms with Crippen molar-refractivity contribution >= 4 is 29.0 Å². The van der Waals surface area contributed by atoms with E-state index in [1.54, 1.807) is 13.8 Å². The smallest absolute Gasteiger partial charge is 0.433 e. The van der Waals surface area contributed by atoms with Gasteiger partial charge in [-0.05, 0) is 25.5 Å². The maximum Gasteiger partial charge on any atom is 0.433 e. The highest BCUT2D eigenvalue weighted by atomic mass is 35.5. The molecule has 0 amide bonds. The van der Waals surface area contributed by atoms with Crippen molar-refractivity contribution in [3.8, 4) is 16.9 Å². The van der Waals surface area contributed by atoms with Gasteiger partial charge in [-0.25, -0.2) is 9.37 Å². The number of pyridine rings is 1. The number of Topliss-reactive ketones (excluding diaryl/α,β-unsaturated/α-hetero) is 1. The number of aryl methyl sites for hydroxylation is 1. The van der Waals surface area contributed by atoms with Crippen LogP contribution in [-0.4, -0.2) is 27.3 Å². The number of halogens is 6. The van der Waals surface area contributed by atoms with Crippen LogP contribution in [0, 0.1) is 5.82 Å². The van der Waals surface area contributed by atoms with Crippen molar-refractivity contribution in [2.24, 2.45) is 0 Å². The summed E-state index contributed by atoms with van der Waals surface area (Å²) in [5.41, 5.74) is -0.490. The van der Waals surface area contributed by atoms with Crippen molar-refractivity contribution < 1.29 is 27.1 Å². The molecule has 3 aromatic rings. The van der Waals surface area contributed by atoms with E-state index >= 15 is 4.39 Å². The molecule has 2 aromatic heterocycles. The Morgan fingerprint density at radius 2 is 1.85 bits per heavy atom. The highest BCUT2D eigenvalue weighted by Crippen LogP contribution is 2.43. The Labute approximate surface area is 203 Å².